The van der Waals surface area contributed by atoms with Gasteiger partial charge >= 0.3 is 0 Å². The summed E-state index contributed by atoms with van der Waals surface area (Å²) >= 11 is 1.61. The van der Waals surface area contributed by atoms with Gasteiger partial charge in [-0.1, -0.05) is 48.7 Å². The number of rotatable bonds is 6. The maximum atomic E-state index is 11.1. The molecule has 0 radical (unpaired) electrons. The zero-order valence-electron chi connectivity index (χ0n) is 18.7. The average Bonchev–Trinajstić information content (AvgIpc) is 3.53. The van der Waals surface area contributed by atoms with E-state index in [9.17, 15) is 5.11 Å². The van der Waals surface area contributed by atoms with Crippen molar-refractivity contribution in [1.82, 2.24) is 14.8 Å². The topological polar surface area (TPSA) is 50.9 Å². The number of nitrogens with zero attached hydrogens (tertiary/aromatic N) is 3. The van der Waals surface area contributed by atoms with Crippen LogP contribution < -0.4 is 0 Å². The SMILES string of the molecule is CCCc1cnn(-c2ccc(C)cc2)c1/C=C1/CC[C@H]([C@H](O)c2nc3ccccc3s2)C1. The summed E-state index contributed by atoms with van der Waals surface area (Å²) < 4.78 is 3.20. The number of allylic oxidation sites excluding steroid dienone is 1. The van der Waals surface area contributed by atoms with Gasteiger partial charge in [0.2, 0.25) is 0 Å². The van der Waals surface area contributed by atoms with Crippen LogP contribution in [0.4, 0.5) is 0 Å². The predicted molar refractivity (Wildman–Crippen MR) is 132 cm³/mol. The molecule has 4 nitrogen and oxygen atoms in total. The van der Waals surface area contributed by atoms with E-state index in [1.54, 1.807) is 11.3 Å². The fraction of sp³-hybridized carbons (Fsp3) is 0.333. The van der Waals surface area contributed by atoms with Crippen molar-refractivity contribution in [2.24, 2.45) is 5.92 Å². The van der Waals surface area contributed by atoms with Crippen LogP contribution in [0.15, 0.2) is 60.3 Å². The highest BCUT2D eigenvalue weighted by Gasteiger charge is 2.29. The first-order chi connectivity index (χ1) is 15.6. The lowest BCUT2D eigenvalue weighted by atomic mass is 10.0. The Labute approximate surface area is 193 Å². The summed E-state index contributed by atoms with van der Waals surface area (Å²) in [4.78, 5) is 4.69. The van der Waals surface area contributed by atoms with Gasteiger partial charge in [-0.25, -0.2) is 9.67 Å². The van der Waals surface area contributed by atoms with E-state index in [1.807, 2.05) is 24.4 Å². The molecule has 32 heavy (non-hydrogen) atoms. The Hall–Kier alpha value is -2.76. The van der Waals surface area contributed by atoms with Crippen LogP contribution in [0.2, 0.25) is 0 Å². The minimum absolute atomic E-state index is 0.215. The smallest absolute Gasteiger partial charge is 0.123 e. The van der Waals surface area contributed by atoms with Crippen molar-refractivity contribution in [1.29, 1.82) is 0 Å². The van der Waals surface area contributed by atoms with Crippen LogP contribution in [0.25, 0.3) is 22.0 Å². The molecule has 1 aliphatic carbocycles. The van der Waals surface area contributed by atoms with Crippen LogP contribution in [0.3, 0.4) is 0 Å². The minimum atomic E-state index is -0.504. The Morgan fingerprint density at radius 1 is 1.19 bits per heavy atom. The minimum Gasteiger partial charge on any atom is -0.386 e. The van der Waals surface area contributed by atoms with Gasteiger partial charge in [-0.2, -0.15) is 5.10 Å². The standard InChI is InChI=1S/C27H29N3OS/c1-3-6-21-17-28-30(22-13-9-18(2)10-14-22)24(21)16-19-11-12-20(15-19)26(31)27-29-23-7-4-5-8-25(23)32-27/h4-5,7-10,13-14,16-17,20,26,31H,3,6,11-12,15H2,1-2H3/b19-16-/t20-,26-/m0/s1. The summed E-state index contributed by atoms with van der Waals surface area (Å²) in [6, 6.07) is 16.6. The summed E-state index contributed by atoms with van der Waals surface area (Å²) in [6.07, 6.45) is 8.85. The molecule has 2 aromatic carbocycles. The summed E-state index contributed by atoms with van der Waals surface area (Å²) in [6.45, 7) is 4.31. The Balaban J connectivity index is 1.40. The van der Waals surface area contributed by atoms with Crippen LogP contribution >= 0.6 is 11.3 Å². The average molecular weight is 444 g/mol. The van der Waals surface area contributed by atoms with Crippen LogP contribution in [0.1, 0.15) is 60.5 Å². The van der Waals surface area contributed by atoms with Crippen molar-refractivity contribution in [2.75, 3.05) is 0 Å². The predicted octanol–water partition coefficient (Wildman–Crippen LogP) is 6.66. The van der Waals surface area contributed by atoms with Crippen molar-refractivity contribution in [2.45, 2.75) is 52.1 Å². The number of thiazole rings is 1. The molecule has 2 heterocycles. The van der Waals surface area contributed by atoms with Crippen LogP contribution in [-0.4, -0.2) is 19.9 Å². The molecule has 1 aliphatic rings. The first-order valence-corrected chi connectivity index (χ1v) is 12.3. The fourth-order valence-electron chi connectivity index (χ4n) is 4.62. The lowest BCUT2D eigenvalue weighted by Crippen LogP contribution is -2.08. The zero-order chi connectivity index (χ0) is 22.1. The molecule has 2 atom stereocenters. The quantitative estimate of drug-likeness (QED) is 0.362. The molecule has 0 saturated heterocycles. The monoisotopic (exact) mass is 443 g/mol. The van der Waals surface area contributed by atoms with E-state index in [1.165, 1.54) is 22.4 Å². The van der Waals surface area contributed by atoms with Gasteiger partial charge in [0.05, 0.1) is 27.8 Å². The molecule has 0 unspecified atom stereocenters. The molecular formula is C27H29N3OS. The van der Waals surface area contributed by atoms with E-state index in [2.05, 4.69) is 54.9 Å². The second-order valence-electron chi connectivity index (χ2n) is 8.82. The van der Waals surface area contributed by atoms with E-state index in [0.29, 0.717) is 0 Å². The van der Waals surface area contributed by atoms with E-state index in [0.717, 1.165) is 53.0 Å². The first kappa shape index (κ1) is 21.1. The van der Waals surface area contributed by atoms with Gasteiger partial charge in [0.25, 0.3) is 0 Å². The molecule has 1 N–H and O–H groups in total. The Bertz CT molecular complexity index is 1220. The van der Waals surface area contributed by atoms with Crippen molar-refractivity contribution in [3.05, 3.63) is 82.1 Å². The molecule has 0 amide bonds. The highest BCUT2D eigenvalue weighted by Crippen LogP contribution is 2.41. The lowest BCUT2D eigenvalue weighted by Gasteiger charge is -2.14. The molecule has 1 fully saturated rings. The first-order valence-electron chi connectivity index (χ1n) is 11.5. The second kappa shape index (κ2) is 9.00. The Kier molecular flexibility index (Phi) is 5.94. The van der Waals surface area contributed by atoms with Crippen molar-refractivity contribution < 1.29 is 5.11 Å². The summed E-state index contributed by atoms with van der Waals surface area (Å²) in [7, 11) is 0. The van der Waals surface area contributed by atoms with Gasteiger partial charge < -0.3 is 5.11 Å². The highest BCUT2D eigenvalue weighted by molar-refractivity contribution is 7.18. The van der Waals surface area contributed by atoms with Crippen LogP contribution in [0.5, 0.6) is 0 Å². The maximum absolute atomic E-state index is 11.1. The largest absolute Gasteiger partial charge is 0.386 e. The normalized spacial score (nSPS) is 18.6. The maximum Gasteiger partial charge on any atom is 0.123 e. The van der Waals surface area contributed by atoms with Gasteiger partial charge in [0.1, 0.15) is 11.1 Å². The summed E-state index contributed by atoms with van der Waals surface area (Å²) in [5.74, 6) is 0.215. The molecule has 0 aliphatic heterocycles. The van der Waals surface area contributed by atoms with E-state index >= 15 is 0 Å². The van der Waals surface area contributed by atoms with E-state index in [4.69, 9.17) is 10.1 Å². The van der Waals surface area contributed by atoms with Crippen LogP contribution in [-0.2, 0) is 6.42 Å². The molecule has 0 bridgehead atoms. The number of hydrogen-bond donors (Lipinski definition) is 1. The molecule has 5 rings (SSSR count). The molecule has 2 aromatic heterocycles. The van der Waals surface area contributed by atoms with Crippen molar-refractivity contribution in [3.8, 4) is 5.69 Å². The van der Waals surface area contributed by atoms with Crippen LogP contribution in [0, 0.1) is 12.8 Å². The second-order valence-corrected chi connectivity index (χ2v) is 9.88. The van der Waals surface area contributed by atoms with E-state index in [-0.39, 0.29) is 5.92 Å². The number of aliphatic hydroxyl groups is 1. The Morgan fingerprint density at radius 3 is 2.78 bits per heavy atom. The van der Waals surface area contributed by atoms with E-state index < -0.39 is 6.10 Å². The van der Waals surface area contributed by atoms with Gasteiger partial charge in [-0.15, -0.1) is 11.3 Å². The molecule has 4 aromatic rings. The van der Waals surface area contributed by atoms with Crippen molar-refractivity contribution in [3.63, 3.8) is 0 Å². The summed E-state index contributed by atoms with van der Waals surface area (Å²) in [5.41, 5.74) is 7.18. The third kappa shape index (κ3) is 4.15. The molecule has 0 spiro atoms. The van der Waals surface area contributed by atoms with Gasteiger partial charge in [-0.05, 0) is 74.4 Å². The number of fused-ring (bicyclic) bond motifs is 1. The number of aliphatic hydroxyl groups excluding tert-OH is 1. The molecule has 164 valence electrons. The Morgan fingerprint density at radius 2 is 2.00 bits per heavy atom. The highest BCUT2D eigenvalue weighted by atomic mass is 32.1. The molecular weight excluding hydrogens is 414 g/mol. The molecule has 1 saturated carbocycles. The number of para-hydroxylation sites is 1. The number of aromatic nitrogens is 3. The number of benzene rings is 2. The number of aryl methyl sites for hydroxylation is 2. The van der Waals surface area contributed by atoms with Gasteiger partial charge in [-0.3, -0.25) is 0 Å². The number of hydrogen-bond acceptors (Lipinski definition) is 4. The van der Waals surface area contributed by atoms with Gasteiger partial charge in [0.15, 0.2) is 0 Å². The van der Waals surface area contributed by atoms with Crippen molar-refractivity contribution >= 4 is 27.6 Å². The summed E-state index contributed by atoms with van der Waals surface area (Å²) in [5, 5.41) is 16.6. The third-order valence-corrected chi connectivity index (χ3v) is 7.50. The molecule has 5 heteroatoms. The third-order valence-electron chi connectivity index (χ3n) is 6.40. The lowest BCUT2D eigenvalue weighted by molar-refractivity contribution is 0.113. The van der Waals surface area contributed by atoms with Gasteiger partial charge in [0, 0.05) is 0 Å². The zero-order valence-corrected chi connectivity index (χ0v) is 19.5. The fourth-order valence-corrected chi connectivity index (χ4v) is 5.67.